The third-order valence-corrected chi connectivity index (χ3v) is 3.59. The number of rotatable bonds is 1. The van der Waals surface area contributed by atoms with E-state index in [1.54, 1.807) is 0 Å². The summed E-state index contributed by atoms with van der Waals surface area (Å²) in [5.74, 6) is 0. The summed E-state index contributed by atoms with van der Waals surface area (Å²) < 4.78 is 0. The zero-order chi connectivity index (χ0) is 10.8. The van der Waals surface area contributed by atoms with Gasteiger partial charge < -0.3 is 0 Å². The molecular weight excluding hydrogens is 208 g/mol. The molecule has 1 aliphatic heterocycles. The smallest absolute Gasteiger partial charge is 0.131 e. The van der Waals surface area contributed by atoms with Gasteiger partial charge in [0.1, 0.15) is 5.15 Å². The topological polar surface area (TPSA) is 16.1 Å². The van der Waals surface area contributed by atoms with Crippen LogP contribution in [0.25, 0.3) is 0 Å². The first-order valence-electron chi connectivity index (χ1n) is 5.51. The van der Waals surface area contributed by atoms with Crippen LogP contribution >= 0.6 is 11.6 Å². The number of aromatic nitrogens is 1. The molecule has 2 nitrogen and oxygen atoms in total. The summed E-state index contributed by atoms with van der Waals surface area (Å²) in [6.45, 7) is 3.20. The molecule has 0 aromatic carbocycles. The van der Waals surface area contributed by atoms with Gasteiger partial charge in [-0.15, -0.1) is 0 Å². The molecule has 1 saturated heterocycles. The number of halogens is 1. The Morgan fingerprint density at radius 1 is 1.47 bits per heavy atom. The molecule has 15 heavy (non-hydrogen) atoms. The largest absolute Gasteiger partial charge is 0.299 e. The van der Waals surface area contributed by atoms with Crippen molar-refractivity contribution in [3.8, 4) is 0 Å². The Balaban J connectivity index is 2.24. The molecule has 1 fully saturated rings. The summed E-state index contributed by atoms with van der Waals surface area (Å²) in [7, 11) is 2.19. The van der Waals surface area contributed by atoms with Gasteiger partial charge in [0.2, 0.25) is 0 Å². The van der Waals surface area contributed by atoms with Gasteiger partial charge in [-0.1, -0.05) is 18.0 Å². The molecule has 2 rings (SSSR count). The molecule has 0 unspecified atom stereocenters. The average Bonchev–Trinajstić information content (AvgIpc) is 2.23. The van der Waals surface area contributed by atoms with Crippen LogP contribution in [0, 0.1) is 6.92 Å². The lowest BCUT2D eigenvalue weighted by Crippen LogP contribution is -2.29. The molecule has 3 heteroatoms. The summed E-state index contributed by atoms with van der Waals surface area (Å²) in [5, 5.41) is 0.622. The van der Waals surface area contributed by atoms with Gasteiger partial charge in [0, 0.05) is 12.2 Å². The first kappa shape index (κ1) is 10.9. The van der Waals surface area contributed by atoms with E-state index < -0.39 is 0 Å². The van der Waals surface area contributed by atoms with Crippen LogP contribution < -0.4 is 0 Å². The molecule has 0 spiro atoms. The summed E-state index contributed by atoms with van der Waals surface area (Å²) in [6.07, 6.45) is 5.78. The van der Waals surface area contributed by atoms with Crippen LogP contribution in [0.2, 0.25) is 5.15 Å². The number of piperidine rings is 1. The van der Waals surface area contributed by atoms with Crippen LogP contribution in [0.1, 0.15) is 36.4 Å². The van der Waals surface area contributed by atoms with E-state index >= 15 is 0 Å². The summed E-state index contributed by atoms with van der Waals surface area (Å²) in [5.41, 5.74) is 2.38. The Morgan fingerprint density at radius 2 is 2.27 bits per heavy atom. The maximum absolute atomic E-state index is 5.93. The van der Waals surface area contributed by atoms with E-state index in [1.165, 1.54) is 31.4 Å². The highest BCUT2D eigenvalue weighted by Crippen LogP contribution is 2.30. The van der Waals surface area contributed by atoms with Crippen molar-refractivity contribution in [1.29, 1.82) is 0 Å². The van der Waals surface area contributed by atoms with E-state index in [-0.39, 0.29) is 0 Å². The third kappa shape index (κ3) is 2.32. The van der Waals surface area contributed by atoms with Crippen LogP contribution in [0.4, 0.5) is 0 Å². The second-order valence-electron chi connectivity index (χ2n) is 4.37. The molecule has 2 heterocycles. The van der Waals surface area contributed by atoms with E-state index in [1.807, 2.05) is 13.1 Å². The van der Waals surface area contributed by atoms with Gasteiger partial charge in [0.25, 0.3) is 0 Å². The fraction of sp³-hybridized carbons (Fsp3) is 0.583. The molecule has 0 bridgehead atoms. The van der Waals surface area contributed by atoms with Crippen LogP contribution in [0.15, 0.2) is 12.3 Å². The number of hydrogen-bond acceptors (Lipinski definition) is 2. The van der Waals surface area contributed by atoms with Crippen molar-refractivity contribution in [2.75, 3.05) is 13.6 Å². The maximum atomic E-state index is 5.93. The Bertz CT molecular complexity index is 351. The Morgan fingerprint density at radius 3 is 2.93 bits per heavy atom. The quantitative estimate of drug-likeness (QED) is 0.681. The number of likely N-dealkylation sites (tertiary alicyclic amines) is 1. The Kier molecular flexibility index (Phi) is 3.27. The van der Waals surface area contributed by atoms with Gasteiger partial charge in [0.15, 0.2) is 0 Å². The SMILES string of the molecule is Cc1cc([C@@H]2CCCCN2C)cnc1Cl. The first-order valence-corrected chi connectivity index (χ1v) is 5.88. The highest BCUT2D eigenvalue weighted by Gasteiger charge is 2.21. The monoisotopic (exact) mass is 224 g/mol. The molecule has 0 N–H and O–H groups in total. The fourth-order valence-corrected chi connectivity index (χ4v) is 2.36. The van der Waals surface area contributed by atoms with Gasteiger partial charge in [-0.2, -0.15) is 0 Å². The lowest BCUT2D eigenvalue weighted by atomic mass is 9.96. The van der Waals surface area contributed by atoms with Crippen molar-refractivity contribution in [3.05, 3.63) is 28.5 Å². The average molecular weight is 225 g/mol. The third-order valence-electron chi connectivity index (χ3n) is 3.19. The van der Waals surface area contributed by atoms with Crippen molar-refractivity contribution in [1.82, 2.24) is 9.88 Å². The van der Waals surface area contributed by atoms with E-state index in [0.29, 0.717) is 11.2 Å². The standard InChI is InChI=1S/C12H17ClN2/c1-9-7-10(8-14-12(9)13)11-5-3-4-6-15(11)2/h7-8,11H,3-6H2,1-2H3/t11-/m0/s1. The van der Waals surface area contributed by atoms with Gasteiger partial charge in [-0.05, 0) is 50.6 Å². The van der Waals surface area contributed by atoms with Gasteiger partial charge in [0.05, 0.1) is 0 Å². The molecule has 0 aliphatic carbocycles. The number of pyridine rings is 1. The second-order valence-corrected chi connectivity index (χ2v) is 4.73. The zero-order valence-corrected chi connectivity index (χ0v) is 10.1. The molecule has 0 amide bonds. The van der Waals surface area contributed by atoms with Crippen molar-refractivity contribution in [3.63, 3.8) is 0 Å². The van der Waals surface area contributed by atoms with E-state index in [4.69, 9.17) is 11.6 Å². The van der Waals surface area contributed by atoms with Crippen molar-refractivity contribution in [2.24, 2.45) is 0 Å². The molecule has 1 atom stereocenters. The molecule has 0 saturated carbocycles. The summed E-state index contributed by atoms with van der Waals surface area (Å²) >= 11 is 5.93. The summed E-state index contributed by atoms with van der Waals surface area (Å²) in [4.78, 5) is 6.64. The van der Waals surface area contributed by atoms with Crippen LogP contribution in [0.5, 0.6) is 0 Å². The van der Waals surface area contributed by atoms with Gasteiger partial charge in [-0.25, -0.2) is 4.98 Å². The van der Waals surface area contributed by atoms with Crippen LogP contribution in [0.3, 0.4) is 0 Å². The Hall–Kier alpha value is -0.600. The normalized spacial score (nSPS) is 23.0. The van der Waals surface area contributed by atoms with E-state index in [2.05, 4.69) is 23.0 Å². The molecular formula is C12H17ClN2. The maximum Gasteiger partial charge on any atom is 0.131 e. The number of nitrogens with zero attached hydrogens (tertiary/aromatic N) is 2. The molecule has 1 aromatic rings. The van der Waals surface area contributed by atoms with Crippen molar-refractivity contribution >= 4 is 11.6 Å². The molecule has 1 aliphatic rings. The minimum absolute atomic E-state index is 0.530. The van der Waals surface area contributed by atoms with Crippen LogP contribution in [-0.4, -0.2) is 23.5 Å². The van der Waals surface area contributed by atoms with Crippen LogP contribution in [-0.2, 0) is 0 Å². The van der Waals surface area contributed by atoms with Crippen molar-refractivity contribution in [2.45, 2.75) is 32.2 Å². The van der Waals surface area contributed by atoms with Gasteiger partial charge >= 0.3 is 0 Å². The first-order chi connectivity index (χ1) is 7.18. The predicted octanol–water partition coefficient (Wildman–Crippen LogP) is 3.20. The lowest BCUT2D eigenvalue weighted by molar-refractivity contribution is 0.187. The minimum Gasteiger partial charge on any atom is -0.299 e. The van der Waals surface area contributed by atoms with E-state index in [0.717, 1.165) is 5.56 Å². The molecule has 82 valence electrons. The lowest BCUT2D eigenvalue weighted by Gasteiger charge is -2.32. The Labute approximate surface area is 96.3 Å². The summed E-state index contributed by atoms with van der Waals surface area (Å²) in [6, 6.07) is 2.70. The molecule has 1 aromatic heterocycles. The fourth-order valence-electron chi connectivity index (χ4n) is 2.26. The highest BCUT2D eigenvalue weighted by atomic mass is 35.5. The minimum atomic E-state index is 0.530. The van der Waals surface area contributed by atoms with Crippen molar-refractivity contribution < 1.29 is 0 Å². The zero-order valence-electron chi connectivity index (χ0n) is 9.33. The second kappa shape index (κ2) is 4.50. The number of aryl methyl sites for hydroxylation is 1. The molecule has 0 radical (unpaired) electrons. The number of hydrogen-bond donors (Lipinski definition) is 0. The highest BCUT2D eigenvalue weighted by molar-refractivity contribution is 6.30. The predicted molar refractivity (Wildman–Crippen MR) is 63.2 cm³/mol. The van der Waals surface area contributed by atoms with Gasteiger partial charge in [-0.3, -0.25) is 4.90 Å². The van der Waals surface area contributed by atoms with E-state index in [9.17, 15) is 0 Å².